The molecule has 1 saturated heterocycles. The minimum Gasteiger partial charge on any atom is -0.456 e. The highest BCUT2D eigenvalue weighted by molar-refractivity contribution is 9.10. The summed E-state index contributed by atoms with van der Waals surface area (Å²) >= 11 is 3.30. The number of hydrogen-bond donors (Lipinski definition) is 1. The van der Waals surface area contributed by atoms with Crippen molar-refractivity contribution in [2.45, 2.75) is 39.3 Å². The van der Waals surface area contributed by atoms with Gasteiger partial charge in [-0.2, -0.15) is 15.0 Å². The SMILES string of the molecule is CC[C@H]1COC(=O)N1c1nc(C)nc(N[C@@H](C)c2ccc(Oc3ccc(F)cc3Br)cc2)n1. The van der Waals surface area contributed by atoms with Gasteiger partial charge in [0.1, 0.15) is 29.7 Å². The van der Waals surface area contributed by atoms with Crippen molar-refractivity contribution < 1.29 is 18.7 Å². The van der Waals surface area contributed by atoms with Gasteiger partial charge in [0.15, 0.2) is 0 Å². The minimum atomic E-state index is -0.449. The molecule has 1 aliphatic heterocycles. The van der Waals surface area contributed by atoms with E-state index in [0.29, 0.717) is 34.4 Å². The lowest BCUT2D eigenvalue weighted by Crippen LogP contribution is -2.34. The molecule has 2 atom stereocenters. The molecule has 0 spiro atoms. The average molecular weight is 516 g/mol. The summed E-state index contributed by atoms with van der Waals surface area (Å²) < 4.78 is 24.8. The zero-order chi connectivity index (χ0) is 23.5. The number of nitrogens with zero attached hydrogens (tertiary/aromatic N) is 4. The van der Waals surface area contributed by atoms with E-state index in [0.717, 1.165) is 12.0 Å². The van der Waals surface area contributed by atoms with Gasteiger partial charge in [-0.05, 0) is 72.1 Å². The number of nitrogens with one attached hydrogen (secondary N) is 1. The maximum absolute atomic E-state index is 13.3. The first-order valence-electron chi connectivity index (χ1n) is 10.5. The molecule has 0 aliphatic carbocycles. The van der Waals surface area contributed by atoms with Gasteiger partial charge in [0, 0.05) is 0 Å². The fourth-order valence-corrected chi connectivity index (χ4v) is 3.86. The van der Waals surface area contributed by atoms with Gasteiger partial charge in [0.2, 0.25) is 11.9 Å². The van der Waals surface area contributed by atoms with Crippen LogP contribution in [0.2, 0.25) is 0 Å². The molecule has 2 heterocycles. The first kappa shape index (κ1) is 22.9. The van der Waals surface area contributed by atoms with E-state index in [4.69, 9.17) is 9.47 Å². The number of aryl methyl sites for hydroxylation is 1. The van der Waals surface area contributed by atoms with Crippen molar-refractivity contribution in [2.75, 3.05) is 16.8 Å². The van der Waals surface area contributed by atoms with Crippen LogP contribution >= 0.6 is 15.9 Å². The molecule has 8 nitrogen and oxygen atoms in total. The van der Waals surface area contributed by atoms with Gasteiger partial charge >= 0.3 is 6.09 Å². The maximum atomic E-state index is 13.3. The molecule has 10 heteroatoms. The summed E-state index contributed by atoms with van der Waals surface area (Å²) in [7, 11) is 0. The molecule has 0 radical (unpaired) electrons. The Morgan fingerprint density at radius 1 is 1.24 bits per heavy atom. The molecule has 172 valence electrons. The van der Waals surface area contributed by atoms with Gasteiger partial charge in [-0.1, -0.05) is 19.1 Å². The molecule has 4 rings (SSSR count). The standard InChI is InChI=1S/C23H23BrFN5O3/c1-4-17-12-32-23(31)30(17)22-28-14(3)27-21(29-22)26-13(2)15-5-8-18(9-6-15)33-20-10-7-16(25)11-19(20)24/h5-11,13,17H,4,12H2,1-3H3,(H,26,27,28,29)/t13-,17-/m0/s1. The number of benzene rings is 2. The van der Waals surface area contributed by atoms with Crippen LogP contribution < -0.4 is 15.0 Å². The highest BCUT2D eigenvalue weighted by atomic mass is 79.9. The molecule has 33 heavy (non-hydrogen) atoms. The quantitative estimate of drug-likeness (QED) is 0.426. The largest absolute Gasteiger partial charge is 0.456 e. The van der Waals surface area contributed by atoms with E-state index in [1.807, 2.05) is 38.1 Å². The Bertz CT molecular complexity index is 1160. The van der Waals surface area contributed by atoms with Gasteiger partial charge in [-0.25, -0.2) is 14.1 Å². The van der Waals surface area contributed by atoms with E-state index < -0.39 is 6.09 Å². The second-order valence-electron chi connectivity index (χ2n) is 7.63. The Kier molecular flexibility index (Phi) is 6.73. The van der Waals surface area contributed by atoms with Crippen LogP contribution in [-0.2, 0) is 4.74 Å². The van der Waals surface area contributed by atoms with Gasteiger partial charge in [0.05, 0.1) is 16.6 Å². The molecule has 1 amide bonds. The maximum Gasteiger partial charge on any atom is 0.417 e. The van der Waals surface area contributed by atoms with Gasteiger partial charge in [-0.3, -0.25) is 0 Å². The Hall–Kier alpha value is -3.27. The lowest BCUT2D eigenvalue weighted by Gasteiger charge is -2.20. The zero-order valence-electron chi connectivity index (χ0n) is 18.4. The molecule has 2 aromatic carbocycles. The summed E-state index contributed by atoms with van der Waals surface area (Å²) in [5, 5.41) is 3.26. The van der Waals surface area contributed by atoms with Crippen LogP contribution in [0, 0.1) is 12.7 Å². The summed E-state index contributed by atoms with van der Waals surface area (Å²) in [6, 6.07) is 11.5. The van der Waals surface area contributed by atoms with Crippen LogP contribution in [0.4, 0.5) is 21.1 Å². The summed E-state index contributed by atoms with van der Waals surface area (Å²) in [4.78, 5) is 26.8. The monoisotopic (exact) mass is 515 g/mol. The van der Waals surface area contributed by atoms with Crippen LogP contribution in [0.1, 0.15) is 37.7 Å². The number of aromatic nitrogens is 3. The molecular weight excluding hydrogens is 493 g/mol. The Labute approximate surface area is 199 Å². The summed E-state index contributed by atoms with van der Waals surface area (Å²) in [6.45, 7) is 6.03. The second-order valence-corrected chi connectivity index (χ2v) is 8.48. The topological polar surface area (TPSA) is 89.5 Å². The smallest absolute Gasteiger partial charge is 0.417 e. The number of halogens is 2. The number of anilines is 2. The van der Waals surface area contributed by atoms with Gasteiger partial charge in [0.25, 0.3) is 0 Å². The Morgan fingerprint density at radius 2 is 2.00 bits per heavy atom. The molecular formula is C23H23BrFN5O3. The number of hydrogen-bond acceptors (Lipinski definition) is 7. The second kappa shape index (κ2) is 9.70. The number of carbonyl (C=O) groups is 1. The van der Waals surface area contributed by atoms with Crippen molar-refractivity contribution in [1.29, 1.82) is 0 Å². The molecule has 1 N–H and O–H groups in total. The molecule has 1 fully saturated rings. The van der Waals surface area contributed by atoms with Gasteiger partial charge in [-0.15, -0.1) is 0 Å². The third kappa shape index (κ3) is 5.22. The summed E-state index contributed by atoms with van der Waals surface area (Å²) in [5.74, 6) is 1.95. The van der Waals surface area contributed by atoms with Crippen molar-refractivity contribution in [2.24, 2.45) is 0 Å². The van der Waals surface area contributed by atoms with Gasteiger partial charge < -0.3 is 14.8 Å². The fourth-order valence-electron chi connectivity index (χ4n) is 3.43. The fraction of sp³-hybridized carbons (Fsp3) is 0.304. The number of amides is 1. The molecule has 0 saturated carbocycles. The highest BCUT2D eigenvalue weighted by Crippen LogP contribution is 2.31. The number of ether oxygens (including phenoxy) is 2. The predicted molar refractivity (Wildman–Crippen MR) is 125 cm³/mol. The summed E-state index contributed by atoms with van der Waals surface area (Å²) in [5.41, 5.74) is 0.979. The summed E-state index contributed by atoms with van der Waals surface area (Å²) in [6.07, 6.45) is 0.285. The van der Waals surface area contributed by atoms with Crippen LogP contribution in [-0.4, -0.2) is 33.7 Å². The number of cyclic esters (lactones) is 1. The van der Waals surface area contributed by atoms with Crippen molar-refractivity contribution in [3.05, 3.63) is 64.1 Å². The molecule has 0 unspecified atom stereocenters. The number of rotatable bonds is 7. The minimum absolute atomic E-state index is 0.0988. The average Bonchev–Trinajstić information content (AvgIpc) is 3.16. The lowest BCUT2D eigenvalue weighted by molar-refractivity contribution is 0.178. The van der Waals surface area contributed by atoms with Crippen LogP contribution in [0.3, 0.4) is 0 Å². The van der Waals surface area contributed by atoms with Crippen molar-refractivity contribution in [1.82, 2.24) is 15.0 Å². The van der Waals surface area contributed by atoms with E-state index in [-0.39, 0.29) is 23.8 Å². The molecule has 1 aromatic heterocycles. The zero-order valence-corrected chi connectivity index (χ0v) is 20.0. The van der Waals surface area contributed by atoms with Crippen molar-refractivity contribution in [3.63, 3.8) is 0 Å². The van der Waals surface area contributed by atoms with Crippen molar-refractivity contribution in [3.8, 4) is 11.5 Å². The molecule has 3 aromatic rings. The van der Waals surface area contributed by atoms with E-state index in [1.54, 1.807) is 13.0 Å². The van der Waals surface area contributed by atoms with E-state index in [9.17, 15) is 9.18 Å². The predicted octanol–water partition coefficient (Wildman–Crippen LogP) is 5.78. The first-order valence-corrected chi connectivity index (χ1v) is 11.3. The number of carbonyl (C=O) groups excluding carboxylic acids is 1. The first-order chi connectivity index (χ1) is 15.8. The van der Waals surface area contributed by atoms with E-state index in [1.165, 1.54) is 17.0 Å². The van der Waals surface area contributed by atoms with Crippen LogP contribution in [0.25, 0.3) is 0 Å². The van der Waals surface area contributed by atoms with Crippen LogP contribution in [0.5, 0.6) is 11.5 Å². The highest BCUT2D eigenvalue weighted by Gasteiger charge is 2.35. The third-order valence-electron chi connectivity index (χ3n) is 5.23. The third-order valence-corrected chi connectivity index (χ3v) is 5.85. The lowest BCUT2D eigenvalue weighted by atomic mass is 10.1. The van der Waals surface area contributed by atoms with E-state index >= 15 is 0 Å². The molecule has 0 bridgehead atoms. The normalized spacial score (nSPS) is 16.5. The van der Waals surface area contributed by atoms with Crippen LogP contribution in [0.15, 0.2) is 46.9 Å². The van der Waals surface area contributed by atoms with Crippen molar-refractivity contribution >= 4 is 33.9 Å². The Balaban J connectivity index is 1.47. The Morgan fingerprint density at radius 3 is 2.70 bits per heavy atom. The molecule has 1 aliphatic rings. The van der Waals surface area contributed by atoms with E-state index in [2.05, 4.69) is 36.2 Å².